The van der Waals surface area contributed by atoms with Gasteiger partial charge < -0.3 is 10.2 Å². The molecule has 0 spiro atoms. The van der Waals surface area contributed by atoms with Crippen molar-refractivity contribution in [3.63, 3.8) is 0 Å². The van der Waals surface area contributed by atoms with Gasteiger partial charge in [-0.05, 0) is 57.5 Å². The van der Waals surface area contributed by atoms with Crippen LogP contribution in [-0.2, 0) is 26.2 Å². The van der Waals surface area contributed by atoms with E-state index in [4.69, 9.17) is 34.8 Å². The van der Waals surface area contributed by atoms with E-state index >= 15 is 0 Å². The van der Waals surface area contributed by atoms with Gasteiger partial charge in [-0.25, -0.2) is 8.42 Å². The van der Waals surface area contributed by atoms with Gasteiger partial charge in [0.05, 0.1) is 17.0 Å². The van der Waals surface area contributed by atoms with Gasteiger partial charge in [0.25, 0.3) is 0 Å². The lowest BCUT2D eigenvalue weighted by molar-refractivity contribution is -0.140. The topological polar surface area (TPSA) is 86.8 Å². The zero-order valence-electron chi connectivity index (χ0n) is 19.6. The molecule has 0 saturated carbocycles. The molecule has 0 aliphatic rings. The number of sulfonamides is 1. The van der Waals surface area contributed by atoms with E-state index in [1.807, 2.05) is 20.8 Å². The quantitative estimate of drug-likeness (QED) is 0.516. The van der Waals surface area contributed by atoms with Crippen molar-refractivity contribution in [1.82, 2.24) is 10.2 Å². The molecule has 2 rings (SSSR count). The summed E-state index contributed by atoms with van der Waals surface area (Å²) in [5.74, 6) is -0.998. The first-order valence-electron chi connectivity index (χ1n) is 10.4. The van der Waals surface area contributed by atoms with E-state index in [2.05, 4.69) is 5.32 Å². The first-order chi connectivity index (χ1) is 15.6. The second-order valence-corrected chi connectivity index (χ2v) is 12.1. The second kappa shape index (κ2) is 11.2. The van der Waals surface area contributed by atoms with Crippen molar-refractivity contribution in [2.75, 3.05) is 17.1 Å². The molecular formula is C23H28Cl3N3O4S. The third-order valence-corrected chi connectivity index (χ3v) is 6.85. The highest BCUT2D eigenvalue weighted by molar-refractivity contribution is 7.92. The molecule has 0 aliphatic carbocycles. The monoisotopic (exact) mass is 547 g/mol. The van der Waals surface area contributed by atoms with Crippen LogP contribution in [-0.4, -0.2) is 49.5 Å². The molecule has 0 radical (unpaired) electrons. The second-order valence-electron chi connectivity index (χ2n) is 8.89. The maximum atomic E-state index is 13.5. The van der Waals surface area contributed by atoms with Gasteiger partial charge in [0.15, 0.2) is 0 Å². The van der Waals surface area contributed by atoms with E-state index in [-0.39, 0.29) is 17.3 Å². The molecule has 0 heterocycles. The number of hydrogen-bond acceptors (Lipinski definition) is 4. The van der Waals surface area contributed by atoms with Crippen LogP contribution in [0.25, 0.3) is 0 Å². The SMILES string of the molecule is C[C@@H](C(=O)NC(C)(C)C)N(Cc1ccc(Cl)cc1Cl)C(=O)CN(c1ccccc1Cl)S(C)(=O)=O. The number of amides is 2. The van der Waals surface area contributed by atoms with Crippen molar-refractivity contribution < 1.29 is 18.0 Å². The minimum atomic E-state index is -3.87. The van der Waals surface area contributed by atoms with Gasteiger partial charge in [0.1, 0.15) is 12.6 Å². The summed E-state index contributed by atoms with van der Waals surface area (Å²) in [5, 5.41) is 3.76. The van der Waals surface area contributed by atoms with Crippen LogP contribution < -0.4 is 9.62 Å². The molecule has 11 heteroatoms. The number of para-hydroxylation sites is 1. The fourth-order valence-electron chi connectivity index (χ4n) is 3.14. The molecule has 2 aromatic rings. The minimum Gasteiger partial charge on any atom is -0.350 e. The number of hydrogen-bond donors (Lipinski definition) is 1. The average Bonchev–Trinajstić information content (AvgIpc) is 2.69. The molecule has 7 nitrogen and oxygen atoms in total. The highest BCUT2D eigenvalue weighted by Gasteiger charge is 2.32. The molecule has 2 amide bonds. The van der Waals surface area contributed by atoms with Crippen molar-refractivity contribution in [3.8, 4) is 0 Å². The van der Waals surface area contributed by atoms with E-state index in [0.29, 0.717) is 15.6 Å². The molecule has 0 saturated heterocycles. The Labute approximate surface area is 216 Å². The normalized spacial score (nSPS) is 12.7. The number of benzene rings is 2. The molecule has 0 bridgehead atoms. The zero-order valence-corrected chi connectivity index (χ0v) is 22.7. The number of carbonyl (C=O) groups excluding carboxylic acids is 2. The Kier molecular flexibility index (Phi) is 9.27. The minimum absolute atomic E-state index is 0.0340. The van der Waals surface area contributed by atoms with Crippen molar-refractivity contribution in [2.45, 2.75) is 45.8 Å². The molecule has 186 valence electrons. The third-order valence-electron chi connectivity index (χ3n) is 4.82. The van der Waals surface area contributed by atoms with Crippen LogP contribution in [0.3, 0.4) is 0 Å². The summed E-state index contributed by atoms with van der Waals surface area (Å²) >= 11 is 18.5. The van der Waals surface area contributed by atoms with Crippen molar-refractivity contribution in [1.29, 1.82) is 0 Å². The Morgan fingerprint density at radius 3 is 2.18 bits per heavy atom. The summed E-state index contributed by atoms with van der Waals surface area (Å²) in [6.45, 7) is 6.45. The Morgan fingerprint density at radius 1 is 1.03 bits per heavy atom. The van der Waals surface area contributed by atoms with Gasteiger partial charge in [-0.3, -0.25) is 13.9 Å². The molecule has 0 fully saturated rings. The highest BCUT2D eigenvalue weighted by Crippen LogP contribution is 2.28. The van der Waals surface area contributed by atoms with E-state index < -0.39 is 40.0 Å². The Bertz CT molecular complexity index is 1170. The maximum absolute atomic E-state index is 13.5. The fraction of sp³-hybridized carbons (Fsp3) is 0.391. The summed E-state index contributed by atoms with van der Waals surface area (Å²) in [7, 11) is -3.87. The van der Waals surface area contributed by atoms with Gasteiger partial charge in [0, 0.05) is 22.1 Å². The molecule has 34 heavy (non-hydrogen) atoms. The van der Waals surface area contributed by atoms with Gasteiger partial charge in [-0.1, -0.05) is 53.0 Å². The van der Waals surface area contributed by atoms with Gasteiger partial charge in [-0.2, -0.15) is 0 Å². The smallest absolute Gasteiger partial charge is 0.244 e. The van der Waals surface area contributed by atoms with Crippen molar-refractivity contribution >= 4 is 62.3 Å². The molecule has 1 atom stereocenters. The van der Waals surface area contributed by atoms with Crippen LogP contribution in [0.2, 0.25) is 15.1 Å². The largest absolute Gasteiger partial charge is 0.350 e. The van der Waals surface area contributed by atoms with Crippen LogP contribution >= 0.6 is 34.8 Å². The van der Waals surface area contributed by atoms with Crippen LogP contribution in [0.15, 0.2) is 42.5 Å². The first kappa shape index (κ1) is 28.2. The zero-order chi connectivity index (χ0) is 25.8. The number of halogens is 3. The number of carbonyl (C=O) groups is 2. The lowest BCUT2D eigenvalue weighted by Crippen LogP contribution is -2.54. The van der Waals surface area contributed by atoms with Crippen LogP contribution in [0.4, 0.5) is 5.69 Å². The molecule has 0 aromatic heterocycles. The van der Waals surface area contributed by atoms with E-state index in [1.165, 1.54) is 23.1 Å². The van der Waals surface area contributed by atoms with Crippen LogP contribution in [0, 0.1) is 0 Å². The van der Waals surface area contributed by atoms with Crippen molar-refractivity contribution in [3.05, 3.63) is 63.1 Å². The summed E-state index contributed by atoms with van der Waals surface area (Å²) in [5.41, 5.74) is 0.184. The van der Waals surface area contributed by atoms with E-state index in [9.17, 15) is 18.0 Å². The Morgan fingerprint density at radius 2 is 1.65 bits per heavy atom. The fourth-order valence-corrected chi connectivity index (χ4v) is 4.76. The van der Waals surface area contributed by atoms with Crippen molar-refractivity contribution in [2.24, 2.45) is 0 Å². The number of nitrogens with one attached hydrogen (secondary N) is 1. The predicted octanol–water partition coefficient (Wildman–Crippen LogP) is 4.74. The summed E-state index contributed by atoms with van der Waals surface area (Å²) < 4.78 is 26.0. The summed E-state index contributed by atoms with van der Waals surface area (Å²) in [6, 6.07) is 10.2. The summed E-state index contributed by atoms with van der Waals surface area (Å²) in [6.07, 6.45) is 0.986. The van der Waals surface area contributed by atoms with E-state index in [1.54, 1.807) is 31.2 Å². The number of anilines is 1. The standard InChI is InChI=1S/C23H28Cl3N3O4S/c1-15(22(31)27-23(2,3)4)28(13-16-10-11-17(24)12-19(16)26)21(30)14-29(34(5,32)33)20-9-7-6-8-18(20)25/h6-12,15H,13-14H2,1-5H3,(H,27,31)/t15-/m0/s1. The van der Waals surface area contributed by atoms with Crippen LogP contribution in [0.1, 0.15) is 33.3 Å². The predicted molar refractivity (Wildman–Crippen MR) is 138 cm³/mol. The number of nitrogens with zero attached hydrogens (tertiary/aromatic N) is 2. The lowest BCUT2D eigenvalue weighted by atomic mass is 10.1. The first-order valence-corrected chi connectivity index (χ1v) is 13.4. The van der Waals surface area contributed by atoms with E-state index in [0.717, 1.165) is 10.6 Å². The number of rotatable bonds is 8. The average molecular weight is 549 g/mol. The third kappa shape index (κ3) is 7.77. The highest BCUT2D eigenvalue weighted by atomic mass is 35.5. The van der Waals surface area contributed by atoms with Gasteiger partial charge in [-0.15, -0.1) is 0 Å². The lowest BCUT2D eigenvalue weighted by Gasteiger charge is -2.33. The Balaban J connectivity index is 2.46. The Hall–Kier alpha value is -2.00. The maximum Gasteiger partial charge on any atom is 0.244 e. The summed E-state index contributed by atoms with van der Waals surface area (Å²) in [4.78, 5) is 27.7. The molecule has 0 aliphatic heterocycles. The van der Waals surface area contributed by atoms with Gasteiger partial charge in [0.2, 0.25) is 21.8 Å². The molecule has 2 aromatic carbocycles. The molecular weight excluding hydrogens is 521 g/mol. The van der Waals surface area contributed by atoms with Gasteiger partial charge >= 0.3 is 0 Å². The molecule has 1 N–H and O–H groups in total. The molecule has 0 unspecified atom stereocenters. The van der Waals surface area contributed by atoms with Crippen LogP contribution in [0.5, 0.6) is 0 Å².